The largest absolute Gasteiger partial charge is 0.356 e. The fourth-order valence-electron chi connectivity index (χ4n) is 2.93. The molecule has 1 aliphatic rings. The van der Waals surface area contributed by atoms with Gasteiger partial charge in [-0.2, -0.15) is 0 Å². The highest BCUT2D eigenvalue weighted by molar-refractivity contribution is 7.88. The maximum atomic E-state index is 12.1. The summed E-state index contributed by atoms with van der Waals surface area (Å²) in [5.41, 5.74) is 0. The number of carbonyl (C=O) groups excluding carboxylic acids is 1. The van der Waals surface area contributed by atoms with Crippen LogP contribution in [0, 0.1) is 11.8 Å². The zero-order valence-corrected chi connectivity index (χ0v) is 14.4. The van der Waals surface area contributed by atoms with Gasteiger partial charge < -0.3 is 9.88 Å². The molecule has 0 unspecified atom stereocenters. The average molecular weight is 342 g/mol. The molecule has 0 bridgehead atoms. The highest BCUT2D eigenvalue weighted by Crippen LogP contribution is 2.28. The molecular formula is C15H26N4O3S. The van der Waals surface area contributed by atoms with Crippen LogP contribution in [0.5, 0.6) is 0 Å². The molecule has 2 N–H and O–H groups in total. The van der Waals surface area contributed by atoms with Crippen molar-refractivity contribution in [2.45, 2.75) is 38.6 Å². The molecule has 0 radical (unpaired) electrons. The second-order valence-electron chi connectivity index (χ2n) is 6.28. The van der Waals surface area contributed by atoms with Gasteiger partial charge in [0.2, 0.25) is 15.9 Å². The van der Waals surface area contributed by atoms with E-state index in [1.807, 2.05) is 10.8 Å². The first-order valence-corrected chi connectivity index (χ1v) is 10.0. The van der Waals surface area contributed by atoms with Crippen LogP contribution in [0.4, 0.5) is 0 Å². The third kappa shape index (κ3) is 6.70. The Balaban J connectivity index is 1.59. The summed E-state index contributed by atoms with van der Waals surface area (Å²) in [5, 5.41) is 3.00. The normalized spacial score (nSPS) is 22.0. The van der Waals surface area contributed by atoms with Crippen molar-refractivity contribution in [3.63, 3.8) is 0 Å². The van der Waals surface area contributed by atoms with Gasteiger partial charge in [0.05, 0.1) is 12.6 Å². The van der Waals surface area contributed by atoms with Crippen LogP contribution in [0.1, 0.15) is 32.1 Å². The highest BCUT2D eigenvalue weighted by atomic mass is 32.2. The predicted molar refractivity (Wildman–Crippen MR) is 88.1 cm³/mol. The lowest BCUT2D eigenvalue weighted by molar-refractivity contribution is -0.126. The Morgan fingerprint density at radius 3 is 2.65 bits per heavy atom. The van der Waals surface area contributed by atoms with Crippen LogP contribution in [0.2, 0.25) is 0 Å². The Labute approximate surface area is 137 Å². The lowest BCUT2D eigenvalue weighted by Crippen LogP contribution is -2.36. The van der Waals surface area contributed by atoms with Gasteiger partial charge in [-0.15, -0.1) is 0 Å². The van der Waals surface area contributed by atoms with Crippen molar-refractivity contribution in [1.82, 2.24) is 19.6 Å². The molecule has 1 aromatic heterocycles. The minimum absolute atomic E-state index is 0.0673. The Morgan fingerprint density at radius 1 is 1.30 bits per heavy atom. The topological polar surface area (TPSA) is 93.1 Å². The quantitative estimate of drug-likeness (QED) is 0.682. The SMILES string of the molecule is CS(=O)(=O)NCC1CCC(C(=O)NCCCn2ccnc2)CC1. The van der Waals surface area contributed by atoms with Gasteiger partial charge in [-0.25, -0.2) is 18.1 Å². The van der Waals surface area contributed by atoms with E-state index in [1.54, 1.807) is 12.5 Å². The predicted octanol–water partition coefficient (Wildman–Crippen LogP) is 0.745. The van der Waals surface area contributed by atoms with Crippen molar-refractivity contribution >= 4 is 15.9 Å². The van der Waals surface area contributed by atoms with Gasteiger partial charge in [0.15, 0.2) is 0 Å². The number of rotatable bonds is 8. The number of imidazole rings is 1. The Bertz CT molecular complexity index is 578. The molecular weight excluding hydrogens is 316 g/mol. The van der Waals surface area contributed by atoms with Crippen molar-refractivity contribution < 1.29 is 13.2 Å². The second kappa shape index (κ2) is 8.44. The molecule has 1 heterocycles. The molecule has 8 heteroatoms. The van der Waals surface area contributed by atoms with Gasteiger partial charge in [0.1, 0.15) is 0 Å². The number of hydrogen-bond donors (Lipinski definition) is 2. The molecule has 0 atom stereocenters. The fraction of sp³-hybridized carbons (Fsp3) is 0.733. The number of nitrogens with zero attached hydrogens (tertiary/aromatic N) is 2. The van der Waals surface area contributed by atoms with Gasteiger partial charge in [0, 0.05) is 37.9 Å². The maximum Gasteiger partial charge on any atom is 0.223 e. The lowest BCUT2D eigenvalue weighted by Gasteiger charge is -2.27. The first-order valence-electron chi connectivity index (χ1n) is 8.12. The van der Waals surface area contributed by atoms with Gasteiger partial charge >= 0.3 is 0 Å². The summed E-state index contributed by atoms with van der Waals surface area (Å²) in [6.07, 6.45) is 11.0. The summed E-state index contributed by atoms with van der Waals surface area (Å²) < 4.78 is 26.7. The van der Waals surface area contributed by atoms with Crippen molar-refractivity contribution in [2.75, 3.05) is 19.3 Å². The third-order valence-corrected chi connectivity index (χ3v) is 4.99. The van der Waals surface area contributed by atoms with Crippen molar-refractivity contribution in [1.29, 1.82) is 0 Å². The molecule has 23 heavy (non-hydrogen) atoms. The van der Waals surface area contributed by atoms with E-state index in [0.717, 1.165) is 38.6 Å². The molecule has 0 spiro atoms. The van der Waals surface area contributed by atoms with Crippen LogP contribution >= 0.6 is 0 Å². The standard InChI is InChI=1S/C15H26N4O3S/c1-23(21,22)18-11-13-3-5-14(6-4-13)15(20)17-7-2-9-19-10-8-16-12-19/h8,10,12-14,18H,2-7,9,11H2,1H3,(H,17,20). The Hall–Kier alpha value is -1.41. The molecule has 0 aliphatic heterocycles. The van der Waals surface area contributed by atoms with E-state index in [4.69, 9.17) is 0 Å². The smallest absolute Gasteiger partial charge is 0.223 e. The molecule has 0 aromatic carbocycles. The monoisotopic (exact) mass is 342 g/mol. The van der Waals surface area contributed by atoms with E-state index in [1.165, 1.54) is 6.26 Å². The average Bonchev–Trinajstić information content (AvgIpc) is 3.02. The van der Waals surface area contributed by atoms with E-state index in [-0.39, 0.29) is 11.8 Å². The van der Waals surface area contributed by atoms with Crippen LogP contribution in [0.3, 0.4) is 0 Å². The molecule has 1 aliphatic carbocycles. The van der Waals surface area contributed by atoms with Gasteiger partial charge in [-0.05, 0) is 38.0 Å². The minimum Gasteiger partial charge on any atom is -0.356 e. The van der Waals surface area contributed by atoms with E-state index >= 15 is 0 Å². The summed E-state index contributed by atoms with van der Waals surface area (Å²) in [4.78, 5) is 16.1. The lowest BCUT2D eigenvalue weighted by atomic mass is 9.81. The molecule has 1 fully saturated rings. The van der Waals surface area contributed by atoms with Crippen LogP contribution in [-0.4, -0.2) is 43.2 Å². The first kappa shape index (κ1) is 17.9. The number of hydrogen-bond acceptors (Lipinski definition) is 4. The van der Waals surface area contributed by atoms with Crippen LogP contribution in [0.15, 0.2) is 18.7 Å². The van der Waals surface area contributed by atoms with Gasteiger partial charge in [-0.1, -0.05) is 0 Å². The molecule has 1 amide bonds. The zero-order valence-electron chi connectivity index (χ0n) is 13.6. The molecule has 2 rings (SSSR count). The van der Waals surface area contributed by atoms with E-state index in [2.05, 4.69) is 15.0 Å². The van der Waals surface area contributed by atoms with Crippen molar-refractivity contribution in [3.8, 4) is 0 Å². The molecule has 1 aromatic rings. The minimum atomic E-state index is -3.12. The first-order chi connectivity index (χ1) is 10.9. The van der Waals surface area contributed by atoms with Crippen LogP contribution < -0.4 is 10.0 Å². The van der Waals surface area contributed by atoms with Crippen LogP contribution in [-0.2, 0) is 21.4 Å². The number of sulfonamides is 1. The zero-order chi connectivity index (χ0) is 16.7. The summed E-state index contributed by atoms with van der Waals surface area (Å²) in [6.45, 7) is 2.01. The van der Waals surface area contributed by atoms with Crippen LogP contribution in [0.25, 0.3) is 0 Å². The third-order valence-electron chi connectivity index (χ3n) is 4.30. The summed E-state index contributed by atoms with van der Waals surface area (Å²) in [5.74, 6) is 0.540. The van der Waals surface area contributed by atoms with E-state index < -0.39 is 10.0 Å². The molecule has 0 saturated heterocycles. The summed E-state index contributed by atoms with van der Waals surface area (Å²) >= 11 is 0. The number of amides is 1. The van der Waals surface area contributed by atoms with Gasteiger partial charge in [0.25, 0.3) is 0 Å². The summed E-state index contributed by atoms with van der Waals surface area (Å²) in [7, 11) is -3.12. The number of aryl methyl sites for hydroxylation is 1. The molecule has 130 valence electrons. The Kier molecular flexibility index (Phi) is 6.59. The number of aromatic nitrogens is 2. The maximum absolute atomic E-state index is 12.1. The number of nitrogens with one attached hydrogen (secondary N) is 2. The summed E-state index contributed by atoms with van der Waals surface area (Å²) in [6, 6.07) is 0. The van der Waals surface area contributed by atoms with Crippen molar-refractivity contribution in [3.05, 3.63) is 18.7 Å². The molecule has 1 saturated carbocycles. The van der Waals surface area contributed by atoms with E-state index in [0.29, 0.717) is 19.0 Å². The van der Waals surface area contributed by atoms with E-state index in [9.17, 15) is 13.2 Å². The molecule has 7 nitrogen and oxygen atoms in total. The van der Waals surface area contributed by atoms with Gasteiger partial charge in [-0.3, -0.25) is 4.79 Å². The number of carbonyl (C=O) groups is 1. The van der Waals surface area contributed by atoms with Crippen molar-refractivity contribution in [2.24, 2.45) is 11.8 Å². The fourth-order valence-corrected chi connectivity index (χ4v) is 3.47. The Morgan fingerprint density at radius 2 is 2.04 bits per heavy atom. The second-order valence-corrected chi connectivity index (χ2v) is 8.12. The highest BCUT2D eigenvalue weighted by Gasteiger charge is 2.26.